The number of hydrogen-bond donors (Lipinski definition) is 3. The molecule has 0 bridgehead atoms. The predicted octanol–water partition coefficient (Wildman–Crippen LogP) is 18.1. The highest BCUT2D eigenvalue weighted by Gasteiger charge is 2.24. The molecule has 3 atom stereocenters. The number of hydrogen-bond acceptors (Lipinski definition) is 5. The van der Waals surface area contributed by atoms with Crippen LogP contribution < -0.4 is 5.32 Å². The Hall–Kier alpha value is -2.70. The molecular weight excluding hydrogens is 839 g/mol. The Balaban J connectivity index is 4.66. The second-order valence-electron chi connectivity index (χ2n) is 19.7. The van der Waals surface area contributed by atoms with Crippen LogP contribution in [-0.2, 0) is 14.3 Å². The van der Waals surface area contributed by atoms with Crippen molar-refractivity contribution >= 4 is 11.9 Å². The maximum atomic E-state index is 13.3. The minimum absolute atomic E-state index is 0.0431. The normalized spacial score (nSPS) is 13.7. The molecule has 6 nitrogen and oxygen atoms in total. The van der Waals surface area contributed by atoms with E-state index in [0.717, 1.165) is 89.9 Å². The minimum atomic E-state index is -0.805. The van der Waals surface area contributed by atoms with Crippen LogP contribution in [0.25, 0.3) is 0 Å². The third-order valence-electron chi connectivity index (χ3n) is 13.0. The number of carbonyl (C=O) groups is 2. The fraction of sp³-hybridized carbons (Fsp3) is 0.774. The Kier molecular flexibility index (Phi) is 53.0. The maximum absolute atomic E-state index is 13.3. The molecule has 0 aromatic carbocycles. The van der Waals surface area contributed by atoms with Crippen LogP contribution in [0, 0.1) is 0 Å². The van der Waals surface area contributed by atoms with E-state index in [1.807, 2.05) is 0 Å². The predicted molar refractivity (Wildman–Crippen MR) is 296 cm³/mol. The lowest BCUT2D eigenvalue weighted by molar-refractivity contribution is -0.151. The topological polar surface area (TPSA) is 95.9 Å². The van der Waals surface area contributed by atoms with Crippen LogP contribution in [0.1, 0.15) is 284 Å². The van der Waals surface area contributed by atoms with E-state index in [9.17, 15) is 19.8 Å². The molecular formula is C62H111NO5. The van der Waals surface area contributed by atoms with Gasteiger partial charge in [0.25, 0.3) is 0 Å². The number of ether oxygens (including phenoxy) is 1. The molecule has 0 spiro atoms. The van der Waals surface area contributed by atoms with Crippen molar-refractivity contribution in [3.05, 3.63) is 72.9 Å². The minimum Gasteiger partial charge on any atom is -0.462 e. The second-order valence-corrected chi connectivity index (χ2v) is 19.7. The van der Waals surface area contributed by atoms with Crippen LogP contribution in [0.2, 0.25) is 0 Å². The Bertz CT molecular complexity index is 1250. The molecule has 0 heterocycles. The molecule has 3 unspecified atom stereocenters. The van der Waals surface area contributed by atoms with E-state index in [4.69, 9.17) is 4.74 Å². The summed E-state index contributed by atoms with van der Waals surface area (Å²) < 4.78 is 5.93. The van der Waals surface area contributed by atoms with Crippen LogP contribution in [0.15, 0.2) is 72.9 Å². The summed E-state index contributed by atoms with van der Waals surface area (Å²) in [5, 5.41) is 23.9. The zero-order valence-corrected chi connectivity index (χ0v) is 45.0. The third kappa shape index (κ3) is 49.7. The molecule has 0 saturated carbocycles. The average molecular weight is 951 g/mol. The van der Waals surface area contributed by atoms with Crippen LogP contribution in [0.5, 0.6) is 0 Å². The van der Waals surface area contributed by atoms with Crippen LogP contribution in [-0.4, -0.2) is 46.9 Å². The first-order valence-electron chi connectivity index (χ1n) is 29.2. The number of aliphatic hydroxyl groups is 2. The van der Waals surface area contributed by atoms with E-state index in [1.54, 1.807) is 0 Å². The monoisotopic (exact) mass is 950 g/mol. The largest absolute Gasteiger partial charge is 0.462 e. The van der Waals surface area contributed by atoms with Crippen LogP contribution in [0.4, 0.5) is 0 Å². The summed E-state index contributed by atoms with van der Waals surface area (Å²) in [7, 11) is 0. The van der Waals surface area contributed by atoms with Gasteiger partial charge in [0.2, 0.25) is 5.91 Å². The first kappa shape index (κ1) is 65.3. The first-order valence-corrected chi connectivity index (χ1v) is 29.2. The van der Waals surface area contributed by atoms with Crippen molar-refractivity contribution in [3.8, 4) is 0 Å². The van der Waals surface area contributed by atoms with Crippen molar-refractivity contribution in [2.45, 2.75) is 302 Å². The van der Waals surface area contributed by atoms with E-state index < -0.39 is 18.2 Å². The van der Waals surface area contributed by atoms with Gasteiger partial charge in [-0.05, 0) is 89.9 Å². The molecule has 68 heavy (non-hydrogen) atoms. The van der Waals surface area contributed by atoms with Crippen molar-refractivity contribution in [1.82, 2.24) is 5.32 Å². The number of aliphatic hydroxyl groups excluding tert-OH is 2. The zero-order chi connectivity index (χ0) is 49.5. The smallest absolute Gasteiger partial charge is 0.306 e. The van der Waals surface area contributed by atoms with Crippen molar-refractivity contribution in [3.63, 3.8) is 0 Å². The quantitative estimate of drug-likeness (QED) is 0.0321. The van der Waals surface area contributed by atoms with Crippen LogP contribution >= 0.6 is 0 Å². The number of amides is 1. The molecule has 0 rings (SSSR count). The Labute approximate surface area is 421 Å². The van der Waals surface area contributed by atoms with E-state index in [0.29, 0.717) is 25.7 Å². The fourth-order valence-electron chi connectivity index (χ4n) is 8.64. The number of nitrogens with one attached hydrogen (secondary N) is 1. The van der Waals surface area contributed by atoms with Gasteiger partial charge in [-0.25, -0.2) is 0 Å². The van der Waals surface area contributed by atoms with Crippen molar-refractivity contribution in [1.29, 1.82) is 0 Å². The first-order chi connectivity index (χ1) is 33.5. The number of esters is 1. The van der Waals surface area contributed by atoms with Gasteiger partial charge in [-0.15, -0.1) is 0 Å². The SMILES string of the molecule is CC/C=C\C/C=C\C/C=C\C/C=C\C/C=C\CCCC(=O)OC(CCCCC/C=C/CCCCCCCCCCC)CC(=O)NC(CO)C(O)CCCCCCCCCCCCCCCCCC. The van der Waals surface area contributed by atoms with Crippen molar-refractivity contribution in [2.75, 3.05) is 6.61 Å². The summed E-state index contributed by atoms with van der Waals surface area (Å²) in [6.07, 6.45) is 71.1. The summed E-state index contributed by atoms with van der Waals surface area (Å²) >= 11 is 0. The zero-order valence-electron chi connectivity index (χ0n) is 45.0. The average Bonchev–Trinajstić information content (AvgIpc) is 3.33. The fourth-order valence-corrected chi connectivity index (χ4v) is 8.64. The number of unbranched alkanes of at least 4 members (excludes halogenated alkanes) is 28. The molecule has 394 valence electrons. The summed E-state index contributed by atoms with van der Waals surface area (Å²) in [6.45, 7) is 6.38. The van der Waals surface area contributed by atoms with E-state index >= 15 is 0 Å². The molecule has 0 saturated heterocycles. The van der Waals surface area contributed by atoms with E-state index in [2.05, 4.69) is 99.0 Å². The molecule has 0 radical (unpaired) electrons. The molecule has 6 heteroatoms. The molecule has 0 aliphatic carbocycles. The molecule has 0 fully saturated rings. The lowest BCUT2D eigenvalue weighted by Crippen LogP contribution is -2.46. The summed E-state index contributed by atoms with van der Waals surface area (Å²) in [5.41, 5.74) is 0. The van der Waals surface area contributed by atoms with Gasteiger partial charge >= 0.3 is 5.97 Å². The molecule has 0 aromatic rings. The number of allylic oxidation sites excluding steroid dienone is 12. The maximum Gasteiger partial charge on any atom is 0.306 e. The van der Waals surface area contributed by atoms with Gasteiger partial charge in [0.15, 0.2) is 0 Å². The number of carbonyl (C=O) groups excluding carboxylic acids is 2. The van der Waals surface area contributed by atoms with Crippen molar-refractivity contribution < 1.29 is 24.5 Å². The highest BCUT2D eigenvalue weighted by molar-refractivity contribution is 5.77. The third-order valence-corrected chi connectivity index (χ3v) is 13.0. The van der Waals surface area contributed by atoms with Gasteiger partial charge in [-0.1, -0.05) is 254 Å². The summed E-state index contributed by atoms with van der Waals surface area (Å²) in [4.78, 5) is 26.3. The molecule has 3 N–H and O–H groups in total. The summed E-state index contributed by atoms with van der Waals surface area (Å²) in [5.74, 6) is -0.553. The van der Waals surface area contributed by atoms with Gasteiger partial charge in [0.1, 0.15) is 6.10 Å². The highest BCUT2D eigenvalue weighted by atomic mass is 16.5. The van der Waals surface area contributed by atoms with Gasteiger partial charge in [0.05, 0.1) is 25.2 Å². The lowest BCUT2D eigenvalue weighted by atomic mass is 10.0. The summed E-state index contributed by atoms with van der Waals surface area (Å²) in [6, 6.07) is -0.721. The van der Waals surface area contributed by atoms with Gasteiger partial charge in [-0.3, -0.25) is 9.59 Å². The molecule has 0 aromatic heterocycles. The second kappa shape index (κ2) is 55.2. The van der Waals surface area contributed by atoms with Crippen molar-refractivity contribution in [2.24, 2.45) is 0 Å². The van der Waals surface area contributed by atoms with Gasteiger partial charge < -0.3 is 20.3 Å². The van der Waals surface area contributed by atoms with E-state index in [1.165, 1.54) is 141 Å². The van der Waals surface area contributed by atoms with Crippen LogP contribution in [0.3, 0.4) is 0 Å². The molecule has 0 aliphatic rings. The van der Waals surface area contributed by atoms with Gasteiger partial charge in [-0.2, -0.15) is 0 Å². The lowest BCUT2D eigenvalue weighted by Gasteiger charge is -2.24. The molecule has 1 amide bonds. The Morgan fingerprint density at radius 1 is 0.441 bits per heavy atom. The molecule has 0 aliphatic heterocycles. The Morgan fingerprint density at radius 2 is 0.794 bits per heavy atom. The highest BCUT2D eigenvalue weighted by Crippen LogP contribution is 2.18. The Morgan fingerprint density at radius 3 is 1.24 bits per heavy atom. The van der Waals surface area contributed by atoms with Gasteiger partial charge in [0, 0.05) is 6.42 Å². The number of rotatable bonds is 52. The van der Waals surface area contributed by atoms with E-state index in [-0.39, 0.29) is 24.9 Å². The standard InChI is InChI=1S/C62H111NO5/c1-4-7-10-13-16-19-22-25-28-31-34-37-40-43-46-49-52-55-62(67)68-58(53-50-47-44-41-38-35-32-29-26-23-20-17-14-11-8-5-2)56-61(66)63-59(57-64)60(65)54-51-48-45-42-39-36-33-30-27-24-21-18-15-12-9-6-3/h7,10,16,19,25,28,34-35,37-38,43,46,58-60,64-65H,4-6,8-9,11-15,17-18,20-24,26-27,29-33,36,39-42,44-45,47-57H2,1-3H3,(H,63,66)/b10-7-,19-16-,28-25-,37-34-,38-35+,46-43-.